The number of benzene rings is 2. The molecule has 0 aliphatic carbocycles. The highest BCUT2D eigenvalue weighted by atomic mass is 19.1. The summed E-state index contributed by atoms with van der Waals surface area (Å²) in [6, 6.07) is 11.8. The third-order valence-electron chi connectivity index (χ3n) is 2.95. The Labute approximate surface area is 115 Å². The van der Waals surface area contributed by atoms with Crippen LogP contribution in [0.1, 0.15) is 5.56 Å². The van der Waals surface area contributed by atoms with E-state index in [0.717, 1.165) is 5.39 Å². The van der Waals surface area contributed by atoms with Gasteiger partial charge < -0.3 is 10.5 Å². The van der Waals surface area contributed by atoms with Crippen molar-refractivity contribution in [3.8, 4) is 5.88 Å². The molecule has 0 spiro atoms. The number of ether oxygens (including phenoxy) is 1. The number of hydrogen-bond donors (Lipinski definition) is 1. The van der Waals surface area contributed by atoms with Crippen molar-refractivity contribution in [1.29, 1.82) is 0 Å². The topological polar surface area (TPSA) is 61.0 Å². The van der Waals surface area contributed by atoms with Gasteiger partial charge in [0, 0.05) is 11.3 Å². The summed E-state index contributed by atoms with van der Waals surface area (Å²) in [7, 11) is 0. The first-order valence-electron chi connectivity index (χ1n) is 6.10. The van der Waals surface area contributed by atoms with Crippen LogP contribution in [0.25, 0.3) is 10.9 Å². The normalized spacial score (nSPS) is 10.7. The first-order valence-corrected chi connectivity index (χ1v) is 6.10. The number of anilines is 1. The Balaban J connectivity index is 1.90. The van der Waals surface area contributed by atoms with Crippen LogP contribution in [0.5, 0.6) is 5.88 Å². The van der Waals surface area contributed by atoms with Crippen molar-refractivity contribution in [2.24, 2.45) is 0 Å². The summed E-state index contributed by atoms with van der Waals surface area (Å²) in [6.45, 7) is 0.114. The Morgan fingerprint density at radius 3 is 2.80 bits per heavy atom. The van der Waals surface area contributed by atoms with Crippen molar-refractivity contribution in [1.82, 2.24) is 9.97 Å². The molecule has 4 nitrogen and oxygen atoms in total. The fourth-order valence-electron chi connectivity index (χ4n) is 1.93. The zero-order valence-corrected chi connectivity index (χ0v) is 10.6. The van der Waals surface area contributed by atoms with Crippen LogP contribution < -0.4 is 10.5 Å². The summed E-state index contributed by atoms with van der Waals surface area (Å²) in [5.74, 6) is 0.119. The maximum atomic E-state index is 13.5. The standard InChI is InChI=1S/C15H12FN3O/c16-13-4-2-1-3-10(13)8-20-15-12-6-5-11(17)7-14(12)18-9-19-15/h1-7,9H,8,17H2. The summed E-state index contributed by atoms with van der Waals surface area (Å²) < 4.78 is 19.1. The average molecular weight is 269 g/mol. The van der Waals surface area contributed by atoms with E-state index in [9.17, 15) is 4.39 Å². The maximum Gasteiger partial charge on any atom is 0.224 e. The first-order chi connectivity index (χ1) is 9.74. The summed E-state index contributed by atoms with van der Waals surface area (Å²) in [5, 5.41) is 0.748. The molecular formula is C15H12FN3O. The molecule has 1 aromatic heterocycles. The number of nitrogens with zero attached hydrogens (tertiary/aromatic N) is 2. The molecule has 0 amide bonds. The van der Waals surface area contributed by atoms with Crippen molar-refractivity contribution in [3.05, 3.63) is 60.2 Å². The molecule has 1 heterocycles. The van der Waals surface area contributed by atoms with E-state index < -0.39 is 0 Å². The molecule has 0 bridgehead atoms. The number of halogens is 1. The summed E-state index contributed by atoms with van der Waals surface area (Å²) in [6.07, 6.45) is 1.40. The zero-order valence-electron chi connectivity index (χ0n) is 10.6. The van der Waals surface area contributed by atoms with Gasteiger partial charge in [0.2, 0.25) is 5.88 Å². The van der Waals surface area contributed by atoms with Gasteiger partial charge in [0.15, 0.2) is 0 Å². The number of nitrogens with two attached hydrogens (primary N) is 1. The van der Waals surface area contributed by atoms with Gasteiger partial charge >= 0.3 is 0 Å². The van der Waals surface area contributed by atoms with Crippen LogP contribution in [-0.2, 0) is 6.61 Å². The number of rotatable bonds is 3. The molecule has 0 fully saturated rings. The molecule has 0 saturated carbocycles. The van der Waals surface area contributed by atoms with Gasteiger partial charge in [-0.05, 0) is 24.3 Å². The Bertz CT molecular complexity index is 761. The molecule has 0 unspecified atom stereocenters. The predicted octanol–water partition coefficient (Wildman–Crippen LogP) is 2.93. The minimum Gasteiger partial charge on any atom is -0.472 e. The van der Waals surface area contributed by atoms with Crippen LogP contribution in [0, 0.1) is 5.82 Å². The van der Waals surface area contributed by atoms with Gasteiger partial charge in [-0.15, -0.1) is 0 Å². The highest BCUT2D eigenvalue weighted by molar-refractivity contribution is 5.85. The number of aromatic nitrogens is 2. The van der Waals surface area contributed by atoms with Crippen LogP contribution in [0.3, 0.4) is 0 Å². The zero-order chi connectivity index (χ0) is 13.9. The predicted molar refractivity (Wildman–Crippen MR) is 74.7 cm³/mol. The Kier molecular flexibility index (Phi) is 3.16. The van der Waals surface area contributed by atoms with Gasteiger partial charge in [0.1, 0.15) is 18.8 Å². The fraction of sp³-hybridized carbons (Fsp3) is 0.0667. The van der Waals surface area contributed by atoms with Crippen molar-refractivity contribution in [2.45, 2.75) is 6.61 Å². The summed E-state index contributed by atoms with van der Waals surface area (Å²) in [5.41, 5.74) is 7.51. The average Bonchev–Trinajstić information content (AvgIpc) is 2.46. The molecule has 100 valence electrons. The highest BCUT2D eigenvalue weighted by Gasteiger charge is 2.07. The molecule has 2 aromatic carbocycles. The number of fused-ring (bicyclic) bond motifs is 1. The molecule has 20 heavy (non-hydrogen) atoms. The third-order valence-corrected chi connectivity index (χ3v) is 2.95. The lowest BCUT2D eigenvalue weighted by atomic mass is 10.2. The molecule has 2 N–H and O–H groups in total. The Morgan fingerprint density at radius 2 is 1.95 bits per heavy atom. The lowest BCUT2D eigenvalue weighted by molar-refractivity contribution is 0.291. The Hall–Kier alpha value is -2.69. The molecule has 3 aromatic rings. The lowest BCUT2D eigenvalue weighted by Crippen LogP contribution is -2.01. The van der Waals surface area contributed by atoms with Gasteiger partial charge in [-0.1, -0.05) is 18.2 Å². The van der Waals surface area contributed by atoms with Crippen molar-refractivity contribution < 1.29 is 9.13 Å². The van der Waals surface area contributed by atoms with Gasteiger partial charge in [-0.25, -0.2) is 14.4 Å². The largest absolute Gasteiger partial charge is 0.472 e. The SMILES string of the molecule is Nc1ccc2c(OCc3ccccc3F)ncnc2c1. The van der Waals surface area contributed by atoms with E-state index in [1.54, 1.807) is 36.4 Å². The molecular weight excluding hydrogens is 257 g/mol. The minimum absolute atomic E-state index is 0.114. The second-order valence-electron chi connectivity index (χ2n) is 4.34. The molecule has 0 atom stereocenters. The smallest absolute Gasteiger partial charge is 0.224 e. The second kappa shape index (κ2) is 5.13. The molecule has 0 aliphatic rings. The van der Waals surface area contributed by atoms with Crippen molar-refractivity contribution >= 4 is 16.6 Å². The van der Waals surface area contributed by atoms with E-state index in [-0.39, 0.29) is 12.4 Å². The molecule has 0 radical (unpaired) electrons. The maximum absolute atomic E-state index is 13.5. The van der Waals surface area contributed by atoms with Crippen LogP contribution in [0.4, 0.5) is 10.1 Å². The minimum atomic E-state index is -0.296. The monoisotopic (exact) mass is 269 g/mol. The van der Waals surface area contributed by atoms with Gasteiger partial charge in [-0.3, -0.25) is 0 Å². The molecule has 3 rings (SSSR count). The number of hydrogen-bond acceptors (Lipinski definition) is 4. The highest BCUT2D eigenvalue weighted by Crippen LogP contribution is 2.24. The quantitative estimate of drug-likeness (QED) is 0.743. The van der Waals surface area contributed by atoms with Gasteiger partial charge in [0.25, 0.3) is 0 Å². The molecule has 0 saturated heterocycles. The molecule has 5 heteroatoms. The van der Waals surface area contributed by atoms with Gasteiger partial charge in [0.05, 0.1) is 10.9 Å². The van der Waals surface area contributed by atoms with Crippen molar-refractivity contribution in [3.63, 3.8) is 0 Å². The second-order valence-corrected chi connectivity index (χ2v) is 4.34. The molecule has 0 aliphatic heterocycles. The van der Waals surface area contributed by atoms with Crippen LogP contribution in [0.2, 0.25) is 0 Å². The van der Waals surface area contributed by atoms with E-state index in [2.05, 4.69) is 9.97 Å². The summed E-state index contributed by atoms with van der Waals surface area (Å²) >= 11 is 0. The van der Waals surface area contributed by atoms with Crippen LogP contribution >= 0.6 is 0 Å². The number of nitrogen functional groups attached to an aromatic ring is 1. The van der Waals surface area contributed by atoms with Crippen LogP contribution in [-0.4, -0.2) is 9.97 Å². The summed E-state index contributed by atoms with van der Waals surface area (Å²) in [4.78, 5) is 8.21. The van der Waals surface area contributed by atoms with E-state index in [0.29, 0.717) is 22.6 Å². The first kappa shape index (κ1) is 12.3. The van der Waals surface area contributed by atoms with Crippen LogP contribution in [0.15, 0.2) is 48.8 Å². The van der Waals surface area contributed by atoms with Crippen molar-refractivity contribution in [2.75, 3.05) is 5.73 Å². The lowest BCUT2D eigenvalue weighted by Gasteiger charge is -2.08. The third kappa shape index (κ3) is 2.38. The Morgan fingerprint density at radius 1 is 1.10 bits per heavy atom. The van der Waals surface area contributed by atoms with E-state index in [1.807, 2.05) is 0 Å². The van der Waals surface area contributed by atoms with E-state index >= 15 is 0 Å². The fourth-order valence-corrected chi connectivity index (χ4v) is 1.93. The van der Waals surface area contributed by atoms with E-state index in [1.165, 1.54) is 12.4 Å². The van der Waals surface area contributed by atoms with Gasteiger partial charge in [-0.2, -0.15) is 0 Å². The van der Waals surface area contributed by atoms with E-state index in [4.69, 9.17) is 10.5 Å².